The van der Waals surface area contributed by atoms with E-state index in [1.807, 2.05) is 22.6 Å². The molecule has 0 fully saturated rings. The minimum atomic E-state index is -0.511. The maximum Gasteiger partial charge on any atom is 0.326 e. The number of hydrogen-bond donors (Lipinski definition) is 2. The molecule has 0 atom stereocenters. The lowest BCUT2D eigenvalue weighted by Gasteiger charge is -1.99. The predicted octanol–water partition coefficient (Wildman–Crippen LogP) is 1.47. The van der Waals surface area contributed by atoms with Gasteiger partial charge in [0.2, 0.25) is 0 Å². The van der Waals surface area contributed by atoms with Gasteiger partial charge < -0.3 is 4.98 Å². The van der Waals surface area contributed by atoms with Crippen LogP contribution in [0.5, 0.6) is 0 Å². The minimum Gasteiger partial charge on any atom is -0.306 e. The van der Waals surface area contributed by atoms with Crippen molar-refractivity contribution in [2.24, 2.45) is 0 Å². The Bertz CT molecular complexity index is 617. The van der Waals surface area contributed by atoms with Crippen molar-refractivity contribution in [2.75, 3.05) is 0 Å². The van der Waals surface area contributed by atoms with Crippen molar-refractivity contribution in [3.8, 4) is 0 Å². The summed E-state index contributed by atoms with van der Waals surface area (Å²) in [5, 5.41) is 0.862. The first-order valence-electron chi connectivity index (χ1n) is 3.69. The molecule has 14 heavy (non-hydrogen) atoms. The zero-order chi connectivity index (χ0) is 10.3. The van der Waals surface area contributed by atoms with Gasteiger partial charge in [-0.25, -0.2) is 4.79 Å². The number of halogens is 2. The van der Waals surface area contributed by atoms with Crippen molar-refractivity contribution in [3.05, 3.63) is 41.6 Å². The molecule has 0 spiro atoms. The van der Waals surface area contributed by atoms with Gasteiger partial charge in [0.15, 0.2) is 0 Å². The van der Waals surface area contributed by atoms with Crippen LogP contribution in [0, 0.1) is 3.57 Å². The topological polar surface area (TPSA) is 65.7 Å². The molecule has 0 aliphatic rings. The molecular formula is C8H4ClIN2O2. The summed E-state index contributed by atoms with van der Waals surface area (Å²) in [5.74, 6) is 0. The van der Waals surface area contributed by atoms with Gasteiger partial charge in [-0.2, -0.15) is 0 Å². The Balaban J connectivity index is 3.10. The molecule has 0 unspecified atom stereocenters. The highest BCUT2D eigenvalue weighted by atomic mass is 127. The molecule has 0 amide bonds. The molecule has 0 aliphatic carbocycles. The SMILES string of the molecule is O=c1[nH]c(=O)c2cc(Cl)cc(I)c2[nH]1. The second-order valence-electron chi connectivity index (χ2n) is 2.72. The van der Waals surface area contributed by atoms with E-state index in [4.69, 9.17) is 11.6 Å². The zero-order valence-corrected chi connectivity index (χ0v) is 9.64. The molecule has 4 nitrogen and oxygen atoms in total. The maximum atomic E-state index is 11.4. The van der Waals surface area contributed by atoms with Gasteiger partial charge in [0.25, 0.3) is 5.56 Å². The van der Waals surface area contributed by atoms with E-state index < -0.39 is 11.2 Å². The van der Waals surface area contributed by atoms with Gasteiger partial charge in [0.05, 0.1) is 10.9 Å². The van der Waals surface area contributed by atoms with Crippen LogP contribution in [0.15, 0.2) is 21.7 Å². The normalized spacial score (nSPS) is 10.7. The third-order valence-corrected chi connectivity index (χ3v) is 2.83. The summed E-state index contributed by atoms with van der Waals surface area (Å²) in [4.78, 5) is 27.0. The van der Waals surface area contributed by atoms with Crippen LogP contribution in [0.25, 0.3) is 10.9 Å². The van der Waals surface area contributed by atoms with Gasteiger partial charge >= 0.3 is 5.69 Å². The Morgan fingerprint density at radius 2 is 1.93 bits per heavy atom. The van der Waals surface area contributed by atoms with Gasteiger partial charge in [-0.15, -0.1) is 0 Å². The second kappa shape index (κ2) is 3.39. The third kappa shape index (κ3) is 1.57. The molecule has 72 valence electrons. The highest BCUT2D eigenvalue weighted by molar-refractivity contribution is 14.1. The quantitative estimate of drug-likeness (QED) is 0.722. The first-order chi connectivity index (χ1) is 6.58. The smallest absolute Gasteiger partial charge is 0.306 e. The molecule has 0 bridgehead atoms. The molecule has 2 rings (SSSR count). The van der Waals surface area contributed by atoms with Crippen LogP contribution in [-0.2, 0) is 0 Å². The van der Waals surface area contributed by atoms with Crippen molar-refractivity contribution >= 4 is 45.1 Å². The van der Waals surface area contributed by atoms with Crippen molar-refractivity contribution < 1.29 is 0 Å². The van der Waals surface area contributed by atoms with Crippen molar-refractivity contribution in [2.45, 2.75) is 0 Å². The molecule has 2 aromatic rings. The van der Waals surface area contributed by atoms with E-state index in [0.29, 0.717) is 15.9 Å². The van der Waals surface area contributed by atoms with E-state index in [-0.39, 0.29) is 0 Å². The van der Waals surface area contributed by atoms with E-state index in [0.717, 1.165) is 3.57 Å². The molecule has 6 heteroatoms. The van der Waals surface area contributed by atoms with E-state index in [2.05, 4.69) is 9.97 Å². The van der Waals surface area contributed by atoms with Crippen LogP contribution in [0.3, 0.4) is 0 Å². The van der Waals surface area contributed by atoms with Crippen LogP contribution in [-0.4, -0.2) is 9.97 Å². The second-order valence-corrected chi connectivity index (χ2v) is 4.32. The molecule has 2 N–H and O–H groups in total. The molecule has 0 aliphatic heterocycles. The first kappa shape index (κ1) is 9.72. The Morgan fingerprint density at radius 1 is 1.21 bits per heavy atom. The Labute approximate surface area is 96.4 Å². The number of aromatic nitrogens is 2. The van der Waals surface area contributed by atoms with E-state index in [9.17, 15) is 9.59 Å². The summed E-state index contributed by atoms with van der Waals surface area (Å²) in [5.41, 5.74) is -0.421. The number of rotatable bonds is 0. The largest absolute Gasteiger partial charge is 0.326 e. The summed E-state index contributed by atoms with van der Waals surface area (Å²) in [6.45, 7) is 0. The Kier molecular flexibility index (Phi) is 2.36. The summed E-state index contributed by atoms with van der Waals surface area (Å²) in [6, 6.07) is 3.20. The van der Waals surface area contributed by atoms with E-state index >= 15 is 0 Å². The van der Waals surface area contributed by atoms with E-state index in [1.54, 1.807) is 6.07 Å². The summed E-state index contributed by atoms with van der Waals surface area (Å²) >= 11 is 7.80. The van der Waals surface area contributed by atoms with Crippen molar-refractivity contribution in [1.29, 1.82) is 0 Å². The number of H-pyrrole nitrogens is 2. The van der Waals surface area contributed by atoms with Crippen molar-refractivity contribution in [1.82, 2.24) is 9.97 Å². The zero-order valence-electron chi connectivity index (χ0n) is 6.73. The van der Waals surface area contributed by atoms with Gasteiger partial charge in [-0.05, 0) is 34.7 Å². The molecule has 0 saturated heterocycles. The van der Waals surface area contributed by atoms with Crippen LogP contribution in [0.2, 0.25) is 5.02 Å². The number of benzene rings is 1. The molecule has 1 heterocycles. The van der Waals surface area contributed by atoms with Crippen LogP contribution in [0.1, 0.15) is 0 Å². The third-order valence-electron chi connectivity index (χ3n) is 1.77. The lowest BCUT2D eigenvalue weighted by atomic mass is 10.2. The fraction of sp³-hybridized carbons (Fsp3) is 0. The summed E-state index contributed by atoms with van der Waals surface area (Å²) < 4.78 is 0.744. The Morgan fingerprint density at radius 3 is 2.64 bits per heavy atom. The maximum absolute atomic E-state index is 11.4. The fourth-order valence-electron chi connectivity index (χ4n) is 1.19. The summed E-state index contributed by atoms with van der Waals surface area (Å²) in [6.07, 6.45) is 0. The Hall–Kier alpha value is -0.820. The minimum absolute atomic E-state index is 0.390. The van der Waals surface area contributed by atoms with Crippen molar-refractivity contribution in [3.63, 3.8) is 0 Å². The standard InChI is InChI=1S/C8H4ClIN2O2/c9-3-1-4-6(5(10)2-3)11-8(14)12-7(4)13/h1-2H,(H2,11,12,13,14). The van der Waals surface area contributed by atoms with Gasteiger partial charge in [-0.3, -0.25) is 9.78 Å². The summed E-state index contributed by atoms with van der Waals surface area (Å²) in [7, 11) is 0. The molecule has 1 aromatic heterocycles. The number of aromatic amines is 2. The average molecular weight is 322 g/mol. The van der Waals surface area contributed by atoms with Crippen LogP contribution in [0.4, 0.5) is 0 Å². The monoisotopic (exact) mass is 322 g/mol. The average Bonchev–Trinajstić information content (AvgIpc) is 2.07. The van der Waals surface area contributed by atoms with Gasteiger partial charge in [0, 0.05) is 8.59 Å². The highest BCUT2D eigenvalue weighted by Gasteiger charge is 2.05. The number of fused-ring (bicyclic) bond motifs is 1. The molecule has 0 saturated carbocycles. The van der Waals surface area contributed by atoms with Gasteiger partial charge in [-0.1, -0.05) is 11.6 Å². The molecule has 1 aromatic carbocycles. The predicted molar refractivity (Wildman–Crippen MR) is 62.9 cm³/mol. The van der Waals surface area contributed by atoms with Crippen LogP contribution >= 0.6 is 34.2 Å². The molecule has 0 radical (unpaired) electrons. The lowest BCUT2D eigenvalue weighted by molar-refractivity contribution is 1.08. The fourth-order valence-corrected chi connectivity index (χ4v) is 2.36. The van der Waals surface area contributed by atoms with Gasteiger partial charge in [0.1, 0.15) is 0 Å². The lowest BCUT2D eigenvalue weighted by Crippen LogP contribution is -2.22. The number of nitrogens with one attached hydrogen (secondary N) is 2. The number of hydrogen-bond acceptors (Lipinski definition) is 2. The first-order valence-corrected chi connectivity index (χ1v) is 5.15. The highest BCUT2D eigenvalue weighted by Crippen LogP contribution is 2.20. The van der Waals surface area contributed by atoms with Crippen LogP contribution < -0.4 is 11.2 Å². The van der Waals surface area contributed by atoms with E-state index in [1.165, 1.54) is 6.07 Å². The molecular weight excluding hydrogens is 318 g/mol.